The summed E-state index contributed by atoms with van der Waals surface area (Å²) in [4.78, 5) is 34.2. The van der Waals surface area contributed by atoms with Crippen LogP contribution in [0.3, 0.4) is 0 Å². The Morgan fingerprint density at radius 1 is 1.00 bits per heavy atom. The van der Waals surface area contributed by atoms with Crippen molar-refractivity contribution in [3.63, 3.8) is 0 Å². The Bertz CT molecular complexity index is 1470. The van der Waals surface area contributed by atoms with E-state index in [9.17, 15) is 9.59 Å². The lowest BCUT2D eigenvalue weighted by Crippen LogP contribution is -2.42. The standard InChI is InChI=1S/C30H34N4O5/c1-5-27(33(18-19-37-3)30(36)31-21-10-9-11-24(20-21)38-4)28-32-26-13-8-7-12-25(26)29(35)34(28)22-14-16-23(17-15-22)39-6-2/h7-17,20,27H,5-6,18-19H2,1-4H3,(H,31,36). The topological polar surface area (TPSA) is 94.9 Å². The molecule has 0 fully saturated rings. The molecule has 0 saturated heterocycles. The minimum atomic E-state index is -0.533. The third-order valence-corrected chi connectivity index (χ3v) is 6.39. The van der Waals surface area contributed by atoms with Crippen LogP contribution in [0.1, 0.15) is 32.1 Å². The second-order valence-corrected chi connectivity index (χ2v) is 8.83. The van der Waals surface area contributed by atoms with Crippen molar-refractivity contribution >= 4 is 22.6 Å². The Balaban J connectivity index is 1.83. The molecule has 4 rings (SSSR count). The average molecular weight is 531 g/mol. The van der Waals surface area contributed by atoms with Gasteiger partial charge < -0.3 is 24.4 Å². The highest BCUT2D eigenvalue weighted by Gasteiger charge is 2.29. The predicted octanol–water partition coefficient (Wildman–Crippen LogP) is 5.42. The molecule has 9 nitrogen and oxygen atoms in total. The van der Waals surface area contributed by atoms with E-state index in [4.69, 9.17) is 19.2 Å². The molecule has 0 aliphatic carbocycles. The molecule has 39 heavy (non-hydrogen) atoms. The van der Waals surface area contributed by atoms with Gasteiger partial charge in [-0.2, -0.15) is 0 Å². The zero-order chi connectivity index (χ0) is 27.8. The fourth-order valence-electron chi connectivity index (χ4n) is 4.51. The molecular weight excluding hydrogens is 496 g/mol. The largest absolute Gasteiger partial charge is 0.497 e. The first-order valence-electron chi connectivity index (χ1n) is 13.0. The number of rotatable bonds is 11. The Hall–Kier alpha value is -4.37. The molecule has 0 spiro atoms. The number of hydrogen-bond donors (Lipinski definition) is 1. The maximum atomic E-state index is 13.9. The van der Waals surface area contributed by atoms with Gasteiger partial charge in [0.15, 0.2) is 0 Å². The molecule has 0 radical (unpaired) electrons. The number of hydrogen-bond acceptors (Lipinski definition) is 6. The number of carbonyl (C=O) groups excluding carboxylic acids is 1. The molecule has 0 saturated carbocycles. The van der Waals surface area contributed by atoms with Gasteiger partial charge in [0.25, 0.3) is 5.56 Å². The average Bonchev–Trinajstić information content (AvgIpc) is 2.96. The van der Waals surface area contributed by atoms with Crippen LogP contribution in [0.2, 0.25) is 0 Å². The summed E-state index contributed by atoms with van der Waals surface area (Å²) >= 11 is 0. The Morgan fingerprint density at radius 2 is 1.77 bits per heavy atom. The number of carbonyl (C=O) groups is 1. The van der Waals surface area contributed by atoms with Crippen molar-refractivity contribution in [2.24, 2.45) is 0 Å². The van der Waals surface area contributed by atoms with Crippen LogP contribution in [-0.2, 0) is 4.74 Å². The van der Waals surface area contributed by atoms with E-state index in [0.29, 0.717) is 59.2 Å². The second-order valence-electron chi connectivity index (χ2n) is 8.83. The van der Waals surface area contributed by atoms with Gasteiger partial charge in [-0.1, -0.05) is 25.1 Å². The van der Waals surface area contributed by atoms with E-state index in [1.54, 1.807) is 48.0 Å². The molecule has 2 amide bonds. The van der Waals surface area contributed by atoms with Crippen LogP contribution in [0.4, 0.5) is 10.5 Å². The minimum Gasteiger partial charge on any atom is -0.497 e. The summed E-state index contributed by atoms with van der Waals surface area (Å²) in [6, 6.07) is 20.8. The molecule has 1 unspecified atom stereocenters. The summed E-state index contributed by atoms with van der Waals surface area (Å²) in [5.74, 6) is 1.79. The molecule has 1 N–H and O–H groups in total. The first kappa shape index (κ1) is 27.7. The fraction of sp³-hybridized carbons (Fsp3) is 0.300. The molecule has 9 heteroatoms. The van der Waals surface area contributed by atoms with Gasteiger partial charge in [0.1, 0.15) is 17.3 Å². The molecule has 1 aromatic heterocycles. The van der Waals surface area contributed by atoms with Crippen LogP contribution in [0.5, 0.6) is 11.5 Å². The number of anilines is 1. The predicted molar refractivity (Wildman–Crippen MR) is 152 cm³/mol. The first-order chi connectivity index (χ1) is 19.0. The number of ether oxygens (including phenoxy) is 3. The van der Waals surface area contributed by atoms with Gasteiger partial charge in [0.2, 0.25) is 0 Å². The van der Waals surface area contributed by atoms with Gasteiger partial charge >= 0.3 is 6.03 Å². The van der Waals surface area contributed by atoms with E-state index in [2.05, 4.69) is 5.32 Å². The fourth-order valence-corrected chi connectivity index (χ4v) is 4.51. The molecule has 0 aliphatic rings. The van der Waals surface area contributed by atoms with E-state index in [0.717, 1.165) is 0 Å². The zero-order valence-corrected chi connectivity index (χ0v) is 22.7. The molecule has 1 atom stereocenters. The van der Waals surface area contributed by atoms with Gasteiger partial charge in [0.05, 0.1) is 43.0 Å². The first-order valence-corrected chi connectivity index (χ1v) is 13.0. The number of fused-ring (bicyclic) bond motifs is 1. The number of benzene rings is 3. The van der Waals surface area contributed by atoms with E-state index >= 15 is 0 Å². The third kappa shape index (κ3) is 6.21. The lowest BCUT2D eigenvalue weighted by molar-refractivity contribution is 0.131. The smallest absolute Gasteiger partial charge is 0.322 e. The number of aromatic nitrogens is 2. The summed E-state index contributed by atoms with van der Waals surface area (Å²) in [5.41, 5.74) is 1.58. The van der Waals surface area contributed by atoms with Gasteiger partial charge in [0, 0.05) is 25.4 Å². The van der Waals surface area contributed by atoms with Crippen molar-refractivity contribution in [2.75, 3.05) is 39.3 Å². The van der Waals surface area contributed by atoms with E-state index in [1.165, 1.54) is 0 Å². The van der Waals surface area contributed by atoms with Crippen molar-refractivity contribution in [3.05, 3.63) is 89.0 Å². The van der Waals surface area contributed by atoms with Crippen LogP contribution < -0.4 is 20.3 Å². The Kier molecular flexibility index (Phi) is 9.17. The number of para-hydroxylation sites is 1. The van der Waals surface area contributed by atoms with Crippen LogP contribution in [0.25, 0.3) is 16.6 Å². The molecular formula is C30H34N4O5. The number of amides is 2. The number of urea groups is 1. The highest BCUT2D eigenvalue weighted by molar-refractivity contribution is 5.90. The lowest BCUT2D eigenvalue weighted by atomic mass is 10.1. The normalized spacial score (nSPS) is 11.7. The highest BCUT2D eigenvalue weighted by Crippen LogP contribution is 2.28. The molecule has 204 valence electrons. The summed E-state index contributed by atoms with van der Waals surface area (Å²) in [6.45, 7) is 5.02. The molecule has 0 aliphatic heterocycles. The summed E-state index contributed by atoms with van der Waals surface area (Å²) < 4.78 is 17.8. The Labute approximate surface area is 227 Å². The molecule has 3 aromatic carbocycles. The summed E-state index contributed by atoms with van der Waals surface area (Å²) in [7, 11) is 3.16. The van der Waals surface area contributed by atoms with Gasteiger partial charge in [-0.3, -0.25) is 9.36 Å². The van der Waals surface area contributed by atoms with Gasteiger partial charge in [-0.25, -0.2) is 9.78 Å². The van der Waals surface area contributed by atoms with Crippen molar-refractivity contribution in [2.45, 2.75) is 26.3 Å². The maximum absolute atomic E-state index is 13.9. The van der Waals surface area contributed by atoms with Crippen LogP contribution in [0, 0.1) is 0 Å². The van der Waals surface area contributed by atoms with E-state index < -0.39 is 6.04 Å². The van der Waals surface area contributed by atoms with Gasteiger partial charge in [-0.15, -0.1) is 0 Å². The maximum Gasteiger partial charge on any atom is 0.322 e. The second kappa shape index (κ2) is 12.9. The number of methoxy groups -OCH3 is 2. The summed E-state index contributed by atoms with van der Waals surface area (Å²) in [5, 5.41) is 3.46. The zero-order valence-electron chi connectivity index (χ0n) is 22.7. The monoisotopic (exact) mass is 530 g/mol. The third-order valence-electron chi connectivity index (χ3n) is 6.39. The Morgan fingerprint density at radius 3 is 2.46 bits per heavy atom. The number of nitrogens with zero attached hydrogens (tertiary/aromatic N) is 3. The van der Waals surface area contributed by atoms with Crippen molar-refractivity contribution in [1.29, 1.82) is 0 Å². The highest BCUT2D eigenvalue weighted by atomic mass is 16.5. The SMILES string of the molecule is CCOc1ccc(-n2c(C(CC)N(CCOC)C(=O)Nc3cccc(OC)c3)nc3ccccc3c2=O)cc1. The van der Waals surface area contributed by atoms with Gasteiger partial charge in [-0.05, 0) is 61.9 Å². The van der Waals surface area contributed by atoms with Crippen LogP contribution in [-0.4, -0.2) is 54.5 Å². The van der Waals surface area contributed by atoms with Crippen molar-refractivity contribution in [3.8, 4) is 17.2 Å². The van der Waals surface area contributed by atoms with E-state index in [-0.39, 0.29) is 18.1 Å². The molecule has 4 aromatic rings. The number of nitrogens with one attached hydrogen (secondary N) is 1. The van der Waals surface area contributed by atoms with Crippen LogP contribution >= 0.6 is 0 Å². The van der Waals surface area contributed by atoms with E-state index in [1.807, 2.05) is 62.4 Å². The lowest BCUT2D eigenvalue weighted by Gasteiger charge is -2.32. The van der Waals surface area contributed by atoms with Crippen molar-refractivity contribution < 1.29 is 19.0 Å². The van der Waals surface area contributed by atoms with Crippen LogP contribution in [0.15, 0.2) is 77.6 Å². The van der Waals surface area contributed by atoms with Crippen molar-refractivity contribution in [1.82, 2.24) is 14.5 Å². The summed E-state index contributed by atoms with van der Waals surface area (Å²) in [6.07, 6.45) is 0.511. The molecule has 1 heterocycles. The molecule has 0 bridgehead atoms. The quantitative estimate of drug-likeness (QED) is 0.278. The minimum absolute atomic E-state index is 0.210.